The van der Waals surface area contributed by atoms with Gasteiger partial charge in [-0.05, 0) is 42.9 Å². The van der Waals surface area contributed by atoms with Gasteiger partial charge in [0.1, 0.15) is 0 Å². The maximum absolute atomic E-state index is 12.2. The second-order valence-corrected chi connectivity index (χ2v) is 5.64. The van der Waals surface area contributed by atoms with E-state index in [4.69, 9.17) is 4.74 Å². The van der Waals surface area contributed by atoms with E-state index in [0.717, 1.165) is 19.3 Å². The summed E-state index contributed by atoms with van der Waals surface area (Å²) >= 11 is 0. The molecule has 5 heteroatoms. The van der Waals surface area contributed by atoms with E-state index >= 15 is 0 Å². The van der Waals surface area contributed by atoms with Gasteiger partial charge in [-0.25, -0.2) is 4.79 Å². The predicted octanol–water partition coefficient (Wildman–Crippen LogP) is 2.24. The number of fused-ring (bicyclic) bond motifs is 1. The smallest absolute Gasteiger partial charge is 0.339 e. The molecule has 0 aliphatic heterocycles. The number of benzene rings is 1. The molecule has 3 rings (SSSR count). The average Bonchev–Trinajstić information content (AvgIpc) is 2.59. The Morgan fingerprint density at radius 2 is 1.70 bits per heavy atom. The molecular weight excluding hydrogens is 294 g/mol. The van der Waals surface area contributed by atoms with E-state index in [2.05, 4.69) is 0 Å². The summed E-state index contributed by atoms with van der Waals surface area (Å²) < 4.78 is 5.61. The van der Waals surface area contributed by atoms with E-state index in [9.17, 15) is 14.8 Å². The summed E-state index contributed by atoms with van der Waals surface area (Å²) in [5.74, 6) is -0.835. The first kappa shape index (κ1) is 15.2. The zero-order valence-electron chi connectivity index (χ0n) is 12.7. The zero-order chi connectivity index (χ0) is 16.2. The maximum Gasteiger partial charge on any atom is 0.339 e. The van der Waals surface area contributed by atoms with Crippen LogP contribution in [0.5, 0.6) is 0 Å². The van der Waals surface area contributed by atoms with Crippen molar-refractivity contribution in [1.82, 2.24) is 0 Å². The number of pyridine rings is 1. The Balaban J connectivity index is 1.63. The summed E-state index contributed by atoms with van der Waals surface area (Å²) in [4.78, 5) is 24.0. The van der Waals surface area contributed by atoms with Gasteiger partial charge >= 0.3 is 5.97 Å². The van der Waals surface area contributed by atoms with Gasteiger partial charge in [0, 0.05) is 17.7 Å². The van der Waals surface area contributed by atoms with Gasteiger partial charge in [0.05, 0.1) is 5.56 Å². The first-order valence-electron chi connectivity index (χ1n) is 7.64. The Morgan fingerprint density at radius 3 is 2.43 bits per heavy atom. The molecule has 1 aromatic carbocycles. The molecule has 0 bridgehead atoms. The lowest BCUT2D eigenvalue weighted by Crippen LogP contribution is -2.24. The number of hydrogen-bond acceptors (Lipinski definition) is 4. The summed E-state index contributed by atoms with van der Waals surface area (Å²) in [5.41, 5.74) is 3.34. The number of ketones is 1. The number of hydrogen-bond donors (Lipinski definition) is 0. The van der Waals surface area contributed by atoms with Crippen LogP contribution in [0.4, 0.5) is 0 Å². The molecule has 0 spiro atoms. The number of carbonyl (C=O) groups excluding carboxylic acids is 2. The van der Waals surface area contributed by atoms with Gasteiger partial charge < -0.3 is 9.94 Å². The Morgan fingerprint density at radius 1 is 1.00 bits per heavy atom. The molecule has 23 heavy (non-hydrogen) atoms. The summed E-state index contributed by atoms with van der Waals surface area (Å²) in [5, 5.41) is 10.9. The lowest BCUT2D eigenvalue weighted by molar-refractivity contribution is -0.605. The fraction of sp³-hybridized carbons (Fsp3) is 0.278. The predicted molar refractivity (Wildman–Crippen MR) is 83.1 cm³/mol. The van der Waals surface area contributed by atoms with E-state index in [1.807, 2.05) is 12.1 Å². The van der Waals surface area contributed by atoms with Crippen LogP contribution < -0.4 is 4.73 Å². The largest absolute Gasteiger partial charge is 0.619 e. The van der Waals surface area contributed by atoms with Crippen molar-refractivity contribution in [2.75, 3.05) is 6.61 Å². The highest BCUT2D eigenvalue weighted by atomic mass is 16.5. The molecule has 1 heterocycles. The number of esters is 1. The topological polar surface area (TPSA) is 70.3 Å². The zero-order valence-corrected chi connectivity index (χ0v) is 12.7. The lowest BCUT2D eigenvalue weighted by Gasteiger charge is -2.16. The fourth-order valence-corrected chi connectivity index (χ4v) is 2.75. The highest BCUT2D eigenvalue weighted by Crippen LogP contribution is 2.22. The van der Waals surface area contributed by atoms with Crippen LogP contribution in [-0.2, 0) is 17.6 Å². The van der Waals surface area contributed by atoms with E-state index in [0.29, 0.717) is 10.3 Å². The second-order valence-electron chi connectivity index (χ2n) is 5.64. The molecule has 0 amide bonds. The van der Waals surface area contributed by atoms with Crippen molar-refractivity contribution in [2.45, 2.75) is 25.7 Å². The van der Waals surface area contributed by atoms with Gasteiger partial charge in [-0.2, -0.15) is 4.73 Å². The molecule has 0 saturated carbocycles. The molecule has 0 saturated heterocycles. The monoisotopic (exact) mass is 311 g/mol. The molecule has 0 fully saturated rings. The molecule has 0 N–H and O–H groups in total. The van der Waals surface area contributed by atoms with Gasteiger partial charge in [-0.15, -0.1) is 0 Å². The Hall–Kier alpha value is -2.69. The van der Waals surface area contributed by atoms with Gasteiger partial charge in [0.25, 0.3) is 0 Å². The van der Waals surface area contributed by atoms with Crippen molar-refractivity contribution in [2.24, 2.45) is 0 Å². The normalized spacial score (nSPS) is 13.2. The van der Waals surface area contributed by atoms with E-state index in [1.54, 1.807) is 6.07 Å². The minimum absolute atomic E-state index is 0.221. The minimum atomic E-state index is -0.614. The van der Waals surface area contributed by atoms with Crippen LogP contribution in [0.25, 0.3) is 0 Å². The molecule has 0 atom stereocenters. The highest BCUT2D eigenvalue weighted by molar-refractivity contribution is 5.99. The van der Waals surface area contributed by atoms with Crippen LogP contribution in [0.15, 0.2) is 42.7 Å². The quantitative estimate of drug-likeness (QED) is 0.376. The number of ether oxygens (including phenoxy) is 1. The van der Waals surface area contributed by atoms with Crippen LogP contribution in [0.3, 0.4) is 0 Å². The number of Topliss-reactive ketones (excluding diaryl/α,β-unsaturated/α-hetero) is 1. The second kappa shape index (κ2) is 6.60. The van der Waals surface area contributed by atoms with Gasteiger partial charge in [-0.3, -0.25) is 4.79 Å². The average molecular weight is 311 g/mol. The number of aromatic nitrogens is 1. The Bertz CT molecular complexity index is 737. The van der Waals surface area contributed by atoms with E-state index in [1.165, 1.54) is 42.1 Å². The van der Waals surface area contributed by atoms with Crippen LogP contribution in [-0.4, -0.2) is 18.4 Å². The Kier molecular flexibility index (Phi) is 4.37. The molecule has 5 nitrogen and oxygen atoms in total. The number of nitrogens with zero attached hydrogens (tertiary/aromatic N) is 1. The number of rotatable bonds is 4. The van der Waals surface area contributed by atoms with E-state index in [-0.39, 0.29) is 18.0 Å². The molecular formula is C18H17NO4. The van der Waals surface area contributed by atoms with Gasteiger partial charge in [0.15, 0.2) is 24.8 Å². The number of carbonyl (C=O) groups is 2. The molecule has 1 aliphatic carbocycles. The van der Waals surface area contributed by atoms with Gasteiger partial charge in [-0.1, -0.05) is 12.1 Å². The third kappa shape index (κ3) is 3.56. The van der Waals surface area contributed by atoms with Crippen molar-refractivity contribution in [3.05, 3.63) is 70.2 Å². The fourth-order valence-electron chi connectivity index (χ4n) is 2.75. The summed E-state index contributed by atoms with van der Waals surface area (Å²) in [7, 11) is 0. The maximum atomic E-state index is 12.2. The van der Waals surface area contributed by atoms with Crippen molar-refractivity contribution >= 4 is 11.8 Å². The van der Waals surface area contributed by atoms with Crippen molar-refractivity contribution in [3.63, 3.8) is 0 Å². The standard InChI is InChI=1S/C18H17NO4/c20-17(12-23-18(21)14-7-9-19(22)10-8-14)16-6-5-13-3-1-2-4-15(13)11-16/h5-11H,1-4,12H2. The first-order valence-corrected chi connectivity index (χ1v) is 7.64. The highest BCUT2D eigenvalue weighted by Gasteiger charge is 2.15. The summed E-state index contributed by atoms with van der Waals surface area (Å²) in [6.07, 6.45) is 6.82. The van der Waals surface area contributed by atoms with E-state index < -0.39 is 5.97 Å². The third-order valence-corrected chi connectivity index (χ3v) is 4.04. The SMILES string of the molecule is O=C(COC(=O)c1cc[n+]([O-])cc1)c1ccc2c(c1)CCCC2. The molecule has 118 valence electrons. The van der Waals surface area contributed by atoms with Crippen LogP contribution in [0, 0.1) is 5.21 Å². The minimum Gasteiger partial charge on any atom is -0.619 e. The lowest BCUT2D eigenvalue weighted by atomic mass is 9.90. The van der Waals surface area contributed by atoms with Crippen LogP contribution >= 0.6 is 0 Å². The van der Waals surface area contributed by atoms with Crippen LogP contribution in [0.1, 0.15) is 44.7 Å². The molecule has 0 unspecified atom stereocenters. The molecule has 2 aromatic rings. The van der Waals surface area contributed by atoms with Gasteiger partial charge in [0.2, 0.25) is 0 Å². The summed E-state index contributed by atoms with van der Waals surface area (Å²) in [6, 6.07) is 8.42. The molecule has 1 aromatic heterocycles. The third-order valence-electron chi connectivity index (χ3n) is 4.04. The first-order chi connectivity index (χ1) is 11.1. The van der Waals surface area contributed by atoms with Crippen molar-refractivity contribution < 1.29 is 19.1 Å². The molecule has 0 radical (unpaired) electrons. The summed E-state index contributed by atoms with van der Waals surface area (Å²) in [6.45, 7) is -0.302. The molecule has 1 aliphatic rings. The van der Waals surface area contributed by atoms with Crippen molar-refractivity contribution in [3.8, 4) is 0 Å². The van der Waals surface area contributed by atoms with Crippen molar-refractivity contribution in [1.29, 1.82) is 0 Å². The van der Waals surface area contributed by atoms with Crippen LogP contribution in [0.2, 0.25) is 0 Å². The Labute approximate surface area is 134 Å². The number of aryl methyl sites for hydroxylation is 2.